The number of hydrogen-bond donors (Lipinski definition) is 3. The molecule has 0 radical (unpaired) electrons. The molecule has 1 aromatic rings. The highest BCUT2D eigenvalue weighted by molar-refractivity contribution is 6.45. The van der Waals surface area contributed by atoms with E-state index in [9.17, 15) is 4.79 Å². The van der Waals surface area contributed by atoms with Gasteiger partial charge in [-0.25, -0.2) is 4.79 Å². The molecule has 1 aromatic carbocycles. The fourth-order valence-corrected chi connectivity index (χ4v) is 2.38. The second kappa shape index (κ2) is 8.51. The molecule has 27 heavy (non-hydrogen) atoms. The molecular formula is C18H24N6O3. The maximum absolute atomic E-state index is 12.2. The molecule has 2 rings (SSSR count). The number of morpholine rings is 1. The van der Waals surface area contributed by atoms with E-state index in [-0.39, 0.29) is 17.9 Å². The zero-order chi connectivity index (χ0) is 20.0. The Bertz CT molecular complexity index is 761. The summed E-state index contributed by atoms with van der Waals surface area (Å²) < 4.78 is 11.2. The number of rotatable bonds is 4. The van der Waals surface area contributed by atoms with E-state index in [0.29, 0.717) is 25.4 Å². The second-order valence-electron chi connectivity index (χ2n) is 7.01. The standard InChI is InChI=1S/C18H24N6O3/c1-18(2,3)27-17(25)24-8-9-26-15(11-24)12-4-6-13(7-5-12)22-23-14(10-19)16(20)21/h4-7,15,22H,8-9,11H2,1-3H3,(H3,20,21)/b23-14+. The molecule has 1 saturated heterocycles. The Labute approximate surface area is 158 Å². The number of nitrogens with zero attached hydrogens (tertiary/aromatic N) is 3. The van der Waals surface area contributed by atoms with E-state index in [4.69, 9.17) is 25.9 Å². The van der Waals surface area contributed by atoms with Gasteiger partial charge in [-0.3, -0.25) is 10.8 Å². The minimum atomic E-state index is -0.541. The average Bonchev–Trinajstić information content (AvgIpc) is 2.61. The van der Waals surface area contributed by atoms with Crippen LogP contribution in [0.25, 0.3) is 0 Å². The van der Waals surface area contributed by atoms with Crippen molar-refractivity contribution in [3.8, 4) is 6.07 Å². The highest BCUT2D eigenvalue weighted by Gasteiger charge is 2.28. The lowest BCUT2D eigenvalue weighted by atomic mass is 10.1. The Balaban J connectivity index is 2.01. The largest absolute Gasteiger partial charge is 0.444 e. The maximum atomic E-state index is 12.2. The van der Waals surface area contributed by atoms with E-state index in [0.717, 1.165) is 5.56 Å². The molecule has 0 saturated carbocycles. The molecule has 1 atom stereocenters. The van der Waals surface area contributed by atoms with Crippen molar-refractivity contribution in [1.29, 1.82) is 10.7 Å². The predicted molar refractivity (Wildman–Crippen MR) is 102 cm³/mol. The van der Waals surface area contributed by atoms with Crippen LogP contribution in [0.4, 0.5) is 10.5 Å². The molecular weight excluding hydrogens is 348 g/mol. The van der Waals surface area contributed by atoms with Gasteiger partial charge < -0.3 is 20.1 Å². The number of ether oxygens (including phenoxy) is 2. The molecule has 1 aliphatic rings. The summed E-state index contributed by atoms with van der Waals surface area (Å²) in [7, 11) is 0. The third-order valence-corrected chi connectivity index (χ3v) is 3.66. The van der Waals surface area contributed by atoms with Crippen molar-refractivity contribution >= 4 is 23.3 Å². The summed E-state index contributed by atoms with van der Waals surface area (Å²) in [5, 5.41) is 19.8. The zero-order valence-electron chi connectivity index (χ0n) is 15.7. The van der Waals surface area contributed by atoms with Crippen LogP contribution in [0.15, 0.2) is 29.4 Å². The van der Waals surface area contributed by atoms with Gasteiger partial charge in [0.2, 0.25) is 5.71 Å². The molecule has 1 fully saturated rings. The van der Waals surface area contributed by atoms with Gasteiger partial charge in [0.05, 0.1) is 18.8 Å². The number of hydrogen-bond acceptors (Lipinski definition) is 7. The number of benzene rings is 1. The van der Waals surface area contributed by atoms with Crippen LogP contribution in [0, 0.1) is 16.7 Å². The number of nitriles is 1. The van der Waals surface area contributed by atoms with Crippen LogP contribution in [0.5, 0.6) is 0 Å². The summed E-state index contributed by atoms with van der Waals surface area (Å²) >= 11 is 0. The van der Waals surface area contributed by atoms with Crippen molar-refractivity contribution in [3.63, 3.8) is 0 Å². The minimum Gasteiger partial charge on any atom is -0.444 e. The van der Waals surface area contributed by atoms with Gasteiger partial charge in [-0.1, -0.05) is 12.1 Å². The minimum absolute atomic E-state index is 0.192. The van der Waals surface area contributed by atoms with E-state index in [1.54, 1.807) is 23.1 Å². The Morgan fingerprint density at radius 2 is 2.11 bits per heavy atom. The lowest BCUT2D eigenvalue weighted by Gasteiger charge is -2.34. The highest BCUT2D eigenvalue weighted by atomic mass is 16.6. The molecule has 4 N–H and O–H groups in total. The van der Waals surface area contributed by atoms with Gasteiger partial charge in [0.25, 0.3) is 0 Å². The van der Waals surface area contributed by atoms with Crippen LogP contribution in [-0.2, 0) is 9.47 Å². The van der Waals surface area contributed by atoms with Crippen molar-refractivity contribution in [2.45, 2.75) is 32.5 Å². The van der Waals surface area contributed by atoms with Gasteiger partial charge in [0.1, 0.15) is 17.8 Å². The van der Waals surface area contributed by atoms with E-state index in [1.807, 2.05) is 32.9 Å². The fraction of sp³-hybridized carbons (Fsp3) is 0.444. The summed E-state index contributed by atoms with van der Waals surface area (Å²) in [4.78, 5) is 13.9. The number of carbonyl (C=O) groups excluding carboxylic acids is 1. The number of amidine groups is 1. The molecule has 9 heteroatoms. The molecule has 1 unspecified atom stereocenters. The fourth-order valence-electron chi connectivity index (χ4n) is 2.38. The first-order valence-electron chi connectivity index (χ1n) is 8.47. The number of nitrogens with two attached hydrogens (primary N) is 1. The van der Waals surface area contributed by atoms with Crippen molar-refractivity contribution in [3.05, 3.63) is 29.8 Å². The summed E-state index contributed by atoms with van der Waals surface area (Å²) in [5.74, 6) is -0.403. The average molecular weight is 372 g/mol. The Kier molecular flexibility index (Phi) is 6.36. The quantitative estimate of drug-likeness (QED) is 0.421. The molecule has 1 amide bonds. The normalized spacial score (nSPS) is 17.8. The molecule has 9 nitrogen and oxygen atoms in total. The number of nitrogens with one attached hydrogen (secondary N) is 2. The van der Waals surface area contributed by atoms with E-state index < -0.39 is 11.4 Å². The smallest absolute Gasteiger partial charge is 0.410 e. The molecule has 0 aromatic heterocycles. The molecule has 144 valence electrons. The number of hydrazone groups is 1. The third kappa shape index (κ3) is 5.97. The van der Waals surface area contributed by atoms with Crippen LogP contribution < -0.4 is 11.2 Å². The topological polar surface area (TPSA) is 137 Å². The SMILES string of the molecule is CC(C)(C)OC(=O)N1CCOC(c2ccc(N/N=C(\C#N)C(=N)N)cc2)C1. The first-order chi connectivity index (χ1) is 12.7. The van der Waals surface area contributed by atoms with Crippen LogP contribution in [0.3, 0.4) is 0 Å². The molecule has 0 aliphatic carbocycles. The summed E-state index contributed by atoms with van der Waals surface area (Å²) in [5.41, 5.74) is 8.73. The Hall–Kier alpha value is -3.12. The number of amides is 1. The lowest BCUT2D eigenvalue weighted by molar-refractivity contribution is -0.0432. The molecule has 0 spiro atoms. The number of anilines is 1. The first kappa shape index (κ1) is 20.2. The number of carbonyl (C=O) groups is 1. The first-order valence-corrected chi connectivity index (χ1v) is 8.47. The van der Waals surface area contributed by atoms with Gasteiger partial charge >= 0.3 is 6.09 Å². The van der Waals surface area contributed by atoms with Crippen molar-refractivity contribution < 1.29 is 14.3 Å². The van der Waals surface area contributed by atoms with E-state index >= 15 is 0 Å². The second-order valence-corrected chi connectivity index (χ2v) is 7.01. The van der Waals surface area contributed by atoms with E-state index in [2.05, 4.69) is 10.5 Å². The van der Waals surface area contributed by atoms with Gasteiger partial charge in [-0.15, -0.1) is 0 Å². The Morgan fingerprint density at radius 1 is 1.44 bits per heavy atom. The predicted octanol–water partition coefficient (Wildman–Crippen LogP) is 2.22. The van der Waals surface area contributed by atoms with Gasteiger partial charge in [-0.05, 0) is 38.5 Å². The summed E-state index contributed by atoms with van der Waals surface area (Å²) in [6.07, 6.45) is -0.604. The molecule has 1 aliphatic heterocycles. The third-order valence-electron chi connectivity index (χ3n) is 3.66. The maximum Gasteiger partial charge on any atom is 0.410 e. The monoisotopic (exact) mass is 372 g/mol. The van der Waals surface area contributed by atoms with Crippen molar-refractivity contribution in [2.75, 3.05) is 25.1 Å². The summed E-state index contributed by atoms with van der Waals surface area (Å²) in [6.45, 7) is 6.82. The molecule has 1 heterocycles. The van der Waals surface area contributed by atoms with Gasteiger partial charge in [-0.2, -0.15) is 10.4 Å². The molecule has 0 bridgehead atoms. The van der Waals surface area contributed by atoms with Crippen LogP contribution in [-0.4, -0.2) is 47.8 Å². The van der Waals surface area contributed by atoms with Crippen LogP contribution in [0.2, 0.25) is 0 Å². The summed E-state index contributed by atoms with van der Waals surface area (Å²) in [6, 6.07) is 8.97. The highest BCUT2D eigenvalue weighted by Crippen LogP contribution is 2.24. The zero-order valence-corrected chi connectivity index (χ0v) is 15.7. The lowest BCUT2D eigenvalue weighted by Crippen LogP contribution is -2.44. The Morgan fingerprint density at radius 3 is 2.67 bits per heavy atom. The van der Waals surface area contributed by atoms with Crippen LogP contribution >= 0.6 is 0 Å². The van der Waals surface area contributed by atoms with Crippen LogP contribution in [0.1, 0.15) is 32.4 Å². The van der Waals surface area contributed by atoms with Crippen molar-refractivity contribution in [1.82, 2.24) is 4.90 Å². The van der Waals surface area contributed by atoms with Gasteiger partial charge in [0.15, 0.2) is 5.84 Å². The van der Waals surface area contributed by atoms with E-state index in [1.165, 1.54) is 0 Å². The van der Waals surface area contributed by atoms with Gasteiger partial charge in [0, 0.05) is 6.54 Å². The van der Waals surface area contributed by atoms with Crippen molar-refractivity contribution in [2.24, 2.45) is 10.8 Å².